The van der Waals surface area contributed by atoms with Crippen LogP contribution in [0.15, 0.2) is 30.3 Å². The number of carbonyl (C=O) groups excluding carboxylic acids is 1. The monoisotopic (exact) mass is 216 g/mol. The molecule has 0 aromatic heterocycles. The predicted molar refractivity (Wildman–Crippen MR) is 66.5 cm³/mol. The molecule has 0 saturated heterocycles. The number of ketones is 1. The first-order valence-electron chi connectivity index (χ1n) is 6.42. The molecule has 0 amide bonds. The lowest BCUT2D eigenvalue weighted by molar-refractivity contribution is 0.0820. The van der Waals surface area contributed by atoms with Gasteiger partial charge in [-0.25, -0.2) is 0 Å². The summed E-state index contributed by atoms with van der Waals surface area (Å²) in [5.74, 6) is 1.26. The van der Waals surface area contributed by atoms with Crippen LogP contribution in [0.3, 0.4) is 0 Å². The lowest BCUT2D eigenvalue weighted by atomic mass is 9.74. The van der Waals surface area contributed by atoms with E-state index in [-0.39, 0.29) is 5.92 Å². The molecule has 0 N–H and O–H groups in total. The first-order chi connectivity index (χ1) is 7.83. The lowest BCUT2D eigenvalue weighted by Gasteiger charge is -2.29. The Morgan fingerprint density at radius 1 is 1.19 bits per heavy atom. The first kappa shape index (κ1) is 11.4. The molecule has 16 heavy (non-hydrogen) atoms. The van der Waals surface area contributed by atoms with E-state index in [1.165, 1.54) is 19.3 Å². The maximum Gasteiger partial charge on any atom is 0.166 e. The van der Waals surface area contributed by atoms with Gasteiger partial charge < -0.3 is 0 Å². The molecule has 1 saturated carbocycles. The van der Waals surface area contributed by atoms with Crippen molar-refractivity contribution in [3.05, 3.63) is 35.9 Å². The molecule has 0 bridgehead atoms. The molecule has 1 aromatic rings. The molecule has 1 aliphatic rings. The van der Waals surface area contributed by atoms with Gasteiger partial charge in [0.05, 0.1) is 0 Å². The predicted octanol–water partition coefficient (Wildman–Crippen LogP) is 4.09. The van der Waals surface area contributed by atoms with Crippen molar-refractivity contribution in [2.24, 2.45) is 11.8 Å². The van der Waals surface area contributed by atoms with Gasteiger partial charge in [0, 0.05) is 11.5 Å². The molecule has 1 aromatic carbocycles. The van der Waals surface area contributed by atoms with Crippen LogP contribution in [0.1, 0.15) is 49.4 Å². The van der Waals surface area contributed by atoms with Crippen molar-refractivity contribution in [2.75, 3.05) is 0 Å². The summed E-state index contributed by atoms with van der Waals surface area (Å²) in [4.78, 5) is 12.4. The minimum atomic E-state index is 0.279. The van der Waals surface area contributed by atoms with E-state index in [4.69, 9.17) is 0 Å². The van der Waals surface area contributed by atoms with E-state index in [1.54, 1.807) is 0 Å². The number of hydrogen-bond acceptors (Lipinski definition) is 1. The van der Waals surface area contributed by atoms with Gasteiger partial charge in [-0.15, -0.1) is 0 Å². The number of rotatable bonds is 3. The Morgan fingerprint density at radius 3 is 2.56 bits per heavy atom. The van der Waals surface area contributed by atoms with Gasteiger partial charge in [-0.05, 0) is 18.8 Å². The Balaban J connectivity index is 2.14. The van der Waals surface area contributed by atoms with E-state index in [9.17, 15) is 4.79 Å². The zero-order valence-corrected chi connectivity index (χ0v) is 9.99. The Labute approximate surface area is 97.9 Å². The van der Waals surface area contributed by atoms with E-state index in [0.29, 0.717) is 11.7 Å². The van der Waals surface area contributed by atoms with Gasteiger partial charge >= 0.3 is 0 Å². The smallest absolute Gasteiger partial charge is 0.166 e. The van der Waals surface area contributed by atoms with Crippen molar-refractivity contribution >= 4 is 5.78 Å². The van der Waals surface area contributed by atoms with Crippen LogP contribution in [0.25, 0.3) is 0 Å². The van der Waals surface area contributed by atoms with Gasteiger partial charge in [0.25, 0.3) is 0 Å². The molecule has 0 aliphatic heterocycles. The highest BCUT2D eigenvalue weighted by Gasteiger charge is 2.29. The second-order valence-corrected chi connectivity index (χ2v) is 4.79. The molecule has 1 nitrogen and oxygen atoms in total. The van der Waals surface area contributed by atoms with Crippen LogP contribution in [0, 0.1) is 11.8 Å². The third-order valence-corrected chi connectivity index (χ3v) is 3.83. The molecule has 1 heteroatoms. The summed E-state index contributed by atoms with van der Waals surface area (Å²) < 4.78 is 0. The molecule has 0 heterocycles. The summed E-state index contributed by atoms with van der Waals surface area (Å²) in [6.45, 7) is 2.21. The molecule has 2 atom stereocenters. The van der Waals surface area contributed by atoms with E-state index in [1.807, 2.05) is 30.3 Å². The van der Waals surface area contributed by atoms with Crippen LogP contribution in [0.5, 0.6) is 0 Å². The molecule has 1 aliphatic carbocycles. The normalized spacial score (nSPS) is 25.3. The van der Waals surface area contributed by atoms with Crippen molar-refractivity contribution < 1.29 is 4.79 Å². The third kappa shape index (κ3) is 2.34. The maximum absolute atomic E-state index is 12.4. The average molecular weight is 216 g/mol. The maximum atomic E-state index is 12.4. The van der Waals surface area contributed by atoms with Crippen LogP contribution in [-0.4, -0.2) is 5.78 Å². The minimum Gasteiger partial charge on any atom is -0.294 e. The van der Waals surface area contributed by atoms with Gasteiger partial charge in [0.1, 0.15) is 0 Å². The van der Waals surface area contributed by atoms with Crippen LogP contribution in [-0.2, 0) is 0 Å². The molecule has 1 fully saturated rings. The topological polar surface area (TPSA) is 17.1 Å². The van der Waals surface area contributed by atoms with E-state index >= 15 is 0 Å². The first-order valence-corrected chi connectivity index (χ1v) is 6.42. The van der Waals surface area contributed by atoms with Crippen molar-refractivity contribution in [1.82, 2.24) is 0 Å². The fraction of sp³-hybridized carbons (Fsp3) is 0.533. The summed E-state index contributed by atoms with van der Waals surface area (Å²) >= 11 is 0. The number of Topliss-reactive ketones (excluding diaryl/α,β-unsaturated/α-hetero) is 1. The van der Waals surface area contributed by atoms with Crippen molar-refractivity contribution in [2.45, 2.75) is 39.0 Å². The van der Waals surface area contributed by atoms with Crippen LogP contribution in [0.4, 0.5) is 0 Å². The summed E-state index contributed by atoms with van der Waals surface area (Å²) in [5, 5.41) is 0. The van der Waals surface area contributed by atoms with Crippen molar-refractivity contribution in [3.63, 3.8) is 0 Å². The fourth-order valence-electron chi connectivity index (χ4n) is 2.86. The molecule has 1 unspecified atom stereocenters. The molecular weight excluding hydrogens is 196 g/mol. The molecular formula is C15H20O. The molecule has 86 valence electrons. The van der Waals surface area contributed by atoms with Gasteiger partial charge in [-0.1, -0.05) is 56.5 Å². The minimum absolute atomic E-state index is 0.279. The van der Waals surface area contributed by atoms with Crippen LogP contribution < -0.4 is 0 Å². The SMILES string of the molecule is CC[C@@H]1CCCCC1C(=O)c1ccccc1. The standard InChI is InChI=1S/C15H20O/c1-2-12-8-6-7-11-14(12)15(16)13-9-4-3-5-10-13/h3-5,9-10,12,14H,2,6-8,11H2,1H3/t12-,14?/m1/s1. The van der Waals surface area contributed by atoms with E-state index in [0.717, 1.165) is 18.4 Å². The highest BCUT2D eigenvalue weighted by molar-refractivity contribution is 5.98. The zero-order valence-electron chi connectivity index (χ0n) is 9.99. The number of benzene rings is 1. The average Bonchev–Trinajstić information content (AvgIpc) is 2.39. The Bertz CT molecular complexity index is 342. The number of hydrogen-bond donors (Lipinski definition) is 0. The van der Waals surface area contributed by atoms with Gasteiger partial charge in [-0.2, -0.15) is 0 Å². The van der Waals surface area contributed by atoms with Gasteiger partial charge in [0.2, 0.25) is 0 Å². The highest BCUT2D eigenvalue weighted by atomic mass is 16.1. The van der Waals surface area contributed by atoms with E-state index in [2.05, 4.69) is 6.92 Å². The van der Waals surface area contributed by atoms with Crippen LogP contribution >= 0.6 is 0 Å². The Hall–Kier alpha value is -1.11. The molecule has 0 spiro atoms. The quantitative estimate of drug-likeness (QED) is 0.696. The second-order valence-electron chi connectivity index (χ2n) is 4.79. The zero-order chi connectivity index (χ0) is 11.4. The lowest BCUT2D eigenvalue weighted by Crippen LogP contribution is -2.26. The summed E-state index contributed by atoms with van der Waals surface area (Å²) in [5.41, 5.74) is 0.896. The van der Waals surface area contributed by atoms with Crippen molar-refractivity contribution in [1.29, 1.82) is 0 Å². The third-order valence-electron chi connectivity index (χ3n) is 3.83. The van der Waals surface area contributed by atoms with Gasteiger partial charge in [0.15, 0.2) is 5.78 Å². The number of carbonyl (C=O) groups is 1. The van der Waals surface area contributed by atoms with E-state index < -0.39 is 0 Å². The van der Waals surface area contributed by atoms with Crippen molar-refractivity contribution in [3.8, 4) is 0 Å². The molecule has 0 radical (unpaired) electrons. The van der Waals surface area contributed by atoms with Gasteiger partial charge in [-0.3, -0.25) is 4.79 Å². The largest absolute Gasteiger partial charge is 0.294 e. The molecule has 2 rings (SSSR count). The summed E-state index contributed by atoms with van der Waals surface area (Å²) in [6.07, 6.45) is 5.99. The fourth-order valence-corrected chi connectivity index (χ4v) is 2.86. The highest BCUT2D eigenvalue weighted by Crippen LogP contribution is 2.34. The van der Waals surface area contributed by atoms with Crippen LogP contribution in [0.2, 0.25) is 0 Å². The summed E-state index contributed by atoms with van der Waals surface area (Å²) in [6, 6.07) is 9.77. The summed E-state index contributed by atoms with van der Waals surface area (Å²) in [7, 11) is 0. The Kier molecular flexibility index (Phi) is 3.76. The Morgan fingerprint density at radius 2 is 1.88 bits per heavy atom. The second kappa shape index (κ2) is 5.29.